The number of nitrogens with zero attached hydrogens (tertiary/aromatic N) is 1. The third-order valence-electron chi connectivity index (χ3n) is 2.65. The zero-order valence-electron chi connectivity index (χ0n) is 9.35. The molecule has 0 spiro atoms. The highest BCUT2D eigenvalue weighted by atomic mass is 32.2. The Kier molecular flexibility index (Phi) is 4.69. The lowest BCUT2D eigenvalue weighted by atomic mass is 10.2. The quantitative estimate of drug-likeness (QED) is 0.720. The van der Waals surface area contributed by atoms with Crippen molar-refractivity contribution in [1.29, 1.82) is 0 Å². The van der Waals surface area contributed by atoms with Gasteiger partial charge >= 0.3 is 5.97 Å². The summed E-state index contributed by atoms with van der Waals surface area (Å²) in [6, 6.07) is 0. The van der Waals surface area contributed by atoms with Gasteiger partial charge in [0.25, 0.3) is 10.2 Å². The van der Waals surface area contributed by atoms with Crippen LogP contribution in [0.25, 0.3) is 0 Å². The minimum atomic E-state index is -3.49. The molecule has 1 aliphatic heterocycles. The molecule has 1 fully saturated rings. The normalized spacial score (nSPS) is 20.6. The number of hydrogen-bond donors (Lipinski definition) is 2. The fraction of sp³-hybridized carbons (Fsp3) is 0.889. The molecule has 1 saturated heterocycles. The van der Waals surface area contributed by atoms with E-state index >= 15 is 0 Å². The Morgan fingerprint density at radius 2 is 1.94 bits per heavy atom. The van der Waals surface area contributed by atoms with Crippen LogP contribution in [-0.2, 0) is 15.0 Å². The van der Waals surface area contributed by atoms with E-state index in [9.17, 15) is 13.2 Å². The summed E-state index contributed by atoms with van der Waals surface area (Å²) in [5.74, 6) is -1.71. The maximum Gasteiger partial charge on any atom is 0.307 e. The van der Waals surface area contributed by atoms with Crippen molar-refractivity contribution < 1.29 is 18.3 Å². The van der Waals surface area contributed by atoms with Gasteiger partial charge in [0.15, 0.2) is 0 Å². The average molecular weight is 250 g/mol. The molecule has 1 unspecified atom stereocenters. The number of piperidine rings is 1. The SMILES string of the molecule is CC(CNS(=O)(=O)N1CCCCC1)C(=O)O. The first kappa shape index (κ1) is 13.4. The summed E-state index contributed by atoms with van der Waals surface area (Å²) in [6.07, 6.45) is 2.79. The van der Waals surface area contributed by atoms with Crippen molar-refractivity contribution in [2.75, 3.05) is 19.6 Å². The first-order chi connectivity index (χ1) is 7.43. The molecule has 0 bridgehead atoms. The molecular weight excluding hydrogens is 232 g/mol. The first-order valence-corrected chi connectivity index (χ1v) is 6.85. The van der Waals surface area contributed by atoms with Gasteiger partial charge in [-0.3, -0.25) is 4.79 Å². The Balaban J connectivity index is 2.47. The average Bonchev–Trinajstić information content (AvgIpc) is 2.27. The summed E-state index contributed by atoms with van der Waals surface area (Å²) in [4.78, 5) is 10.5. The molecule has 0 aromatic rings. The molecule has 0 aromatic heterocycles. The standard InChI is InChI=1S/C9H18N2O4S/c1-8(9(12)13)7-10-16(14,15)11-5-3-2-4-6-11/h8,10H,2-7H2,1H3,(H,12,13). The van der Waals surface area contributed by atoms with Gasteiger partial charge in [-0.2, -0.15) is 12.7 Å². The monoisotopic (exact) mass is 250 g/mol. The second-order valence-electron chi connectivity index (χ2n) is 4.05. The largest absolute Gasteiger partial charge is 0.481 e. The van der Waals surface area contributed by atoms with Gasteiger partial charge in [-0.1, -0.05) is 13.3 Å². The van der Waals surface area contributed by atoms with Crippen LogP contribution < -0.4 is 4.72 Å². The highest BCUT2D eigenvalue weighted by molar-refractivity contribution is 7.87. The van der Waals surface area contributed by atoms with Crippen molar-refractivity contribution in [2.45, 2.75) is 26.2 Å². The molecule has 1 atom stereocenters. The van der Waals surface area contributed by atoms with Crippen LogP contribution in [0, 0.1) is 5.92 Å². The van der Waals surface area contributed by atoms with Crippen molar-refractivity contribution in [3.05, 3.63) is 0 Å². The third kappa shape index (κ3) is 3.73. The molecule has 16 heavy (non-hydrogen) atoms. The summed E-state index contributed by atoms with van der Waals surface area (Å²) in [7, 11) is -3.49. The smallest absolute Gasteiger partial charge is 0.307 e. The molecule has 0 aliphatic carbocycles. The molecule has 0 aromatic carbocycles. The Labute approximate surface area is 95.8 Å². The van der Waals surface area contributed by atoms with Crippen LogP contribution in [-0.4, -0.2) is 43.4 Å². The van der Waals surface area contributed by atoms with Crippen LogP contribution in [0.1, 0.15) is 26.2 Å². The molecule has 1 heterocycles. The van der Waals surface area contributed by atoms with Crippen LogP contribution in [0.15, 0.2) is 0 Å². The van der Waals surface area contributed by atoms with E-state index in [1.54, 1.807) is 0 Å². The highest BCUT2D eigenvalue weighted by Crippen LogP contribution is 2.11. The van der Waals surface area contributed by atoms with E-state index in [0.29, 0.717) is 13.1 Å². The van der Waals surface area contributed by atoms with Gasteiger partial charge in [0.2, 0.25) is 0 Å². The Bertz CT molecular complexity index is 335. The summed E-state index contributed by atoms with van der Waals surface area (Å²) >= 11 is 0. The van der Waals surface area contributed by atoms with E-state index in [1.165, 1.54) is 11.2 Å². The number of nitrogens with one attached hydrogen (secondary N) is 1. The predicted octanol–water partition coefficient (Wildman–Crippen LogP) is 0.0274. The topological polar surface area (TPSA) is 86.7 Å². The van der Waals surface area contributed by atoms with Gasteiger partial charge in [0.1, 0.15) is 0 Å². The van der Waals surface area contributed by atoms with E-state index in [0.717, 1.165) is 19.3 Å². The summed E-state index contributed by atoms with van der Waals surface area (Å²) in [5.41, 5.74) is 0. The van der Waals surface area contributed by atoms with E-state index in [-0.39, 0.29) is 6.54 Å². The van der Waals surface area contributed by atoms with Crippen molar-refractivity contribution in [3.63, 3.8) is 0 Å². The number of carboxylic acid groups (broad SMARTS) is 1. The highest BCUT2D eigenvalue weighted by Gasteiger charge is 2.24. The van der Waals surface area contributed by atoms with Crippen molar-refractivity contribution in [1.82, 2.24) is 9.03 Å². The number of carboxylic acids is 1. The minimum absolute atomic E-state index is 0.0613. The van der Waals surface area contributed by atoms with Crippen LogP contribution in [0.2, 0.25) is 0 Å². The Morgan fingerprint density at radius 3 is 2.44 bits per heavy atom. The second-order valence-corrected chi connectivity index (χ2v) is 5.81. The van der Waals surface area contributed by atoms with E-state index in [2.05, 4.69) is 4.72 Å². The Morgan fingerprint density at radius 1 is 1.38 bits per heavy atom. The molecule has 6 nitrogen and oxygen atoms in total. The minimum Gasteiger partial charge on any atom is -0.481 e. The molecule has 2 N–H and O–H groups in total. The molecule has 7 heteroatoms. The van der Waals surface area contributed by atoms with Crippen molar-refractivity contribution >= 4 is 16.2 Å². The molecular formula is C9H18N2O4S. The molecule has 0 saturated carbocycles. The van der Waals surface area contributed by atoms with Crippen LogP contribution in [0.5, 0.6) is 0 Å². The summed E-state index contributed by atoms with van der Waals surface area (Å²) in [6.45, 7) is 2.46. The van der Waals surface area contributed by atoms with Gasteiger partial charge in [-0.05, 0) is 12.8 Å². The molecule has 1 rings (SSSR count). The lowest BCUT2D eigenvalue weighted by Gasteiger charge is -2.26. The lowest BCUT2D eigenvalue weighted by molar-refractivity contribution is -0.140. The maximum atomic E-state index is 11.7. The number of rotatable bonds is 5. The number of aliphatic carboxylic acids is 1. The van der Waals surface area contributed by atoms with Crippen LogP contribution in [0.3, 0.4) is 0 Å². The molecule has 1 aliphatic rings. The summed E-state index contributed by atoms with van der Waals surface area (Å²) < 4.78 is 27.2. The van der Waals surface area contributed by atoms with Crippen molar-refractivity contribution in [3.8, 4) is 0 Å². The van der Waals surface area contributed by atoms with E-state index in [1.807, 2.05) is 0 Å². The Hall–Kier alpha value is -0.660. The predicted molar refractivity (Wildman–Crippen MR) is 59.1 cm³/mol. The summed E-state index contributed by atoms with van der Waals surface area (Å²) in [5, 5.41) is 8.64. The maximum absolute atomic E-state index is 11.7. The van der Waals surface area contributed by atoms with Crippen molar-refractivity contribution in [2.24, 2.45) is 5.92 Å². The van der Waals surface area contributed by atoms with Gasteiger partial charge in [0, 0.05) is 19.6 Å². The molecule has 94 valence electrons. The zero-order valence-corrected chi connectivity index (χ0v) is 10.2. The molecule has 0 amide bonds. The van der Waals surface area contributed by atoms with E-state index in [4.69, 9.17) is 5.11 Å². The zero-order chi connectivity index (χ0) is 12.2. The molecule has 0 radical (unpaired) electrons. The van der Waals surface area contributed by atoms with Crippen LogP contribution in [0.4, 0.5) is 0 Å². The second kappa shape index (κ2) is 5.60. The van der Waals surface area contributed by atoms with Gasteiger partial charge in [0.05, 0.1) is 5.92 Å². The number of carbonyl (C=O) groups is 1. The fourth-order valence-corrected chi connectivity index (χ4v) is 2.90. The van der Waals surface area contributed by atoms with Gasteiger partial charge < -0.3 is 5.11 Å². The van der Waals surface area contributed by atoms with Gasteiger partial charge in [-0.15, -0.1) is 0 Å². The third-order valence-corrected chi connectivity index (χ3v) is 4.22. The lowest BCUT2D eigenvalue weighted by Crippen LogP contribution is -2.45. The van der Waals surface area contributed by atoms with Crippen LogP contribution >= 0.6 is 0 Å². The number of hydrogen-bond acceptors (Lipinski definition) is 3. The fourth-order valence-electron chi connectivity index (χ4n) is 1.51. The van der Waals surface area contributed by atoms with E-state index < -0.39 is 22.1 Å². The van der Waals surface area contributed by atoms with Gasteiger partial charge in [-0.25, -0.2) is 4.72 Å². The first-order valence-electron chi connectivity index (χ1n) is 5.41.